The lowest BCUT2D eigenvalue weighted by Crippen LogP contribution is -2.07. The van der Waals surface area contributed by atoms with E-state index >= 15 is 0 Å². The molecule has 0 aromatic heterocycles. The predicted octanol–water partition coefficient (Wildman–Crippen LogP) is 2.74. The molecule has 23 heavy (non-hydrogen) atoms. The first-order chi connectivity index (χ1) is 11.0. The molecule has 2 aromatic rings. The highest BCUT2D eigenvalue weighted by Gasteiger charge is 2.14. The summed E-state index contributed by atoms with van der Waals surface area (Å²) in [6, 6.07) is 10.2. The molecule has 3 rings (SSSR count). The zero-order valence-corrected chi connectivity index (χ0v) is 12.6. The lowest BCUT2D eigenvalue weighted by atomic mass is 9.96. The third-order valence-electron chi connectivity index (χ3n) is 4.02. The zero-order chi connectivity index (χ0) is 16.4. The second-order valence-electron chi connectivity index (χ2n) is 5.80. The summed E-state index contributed by atoms with van der Waals surface area (Å²) >= 11 is 0. The van der Waals surface area contributed by atoms with Crippen LogP contribution in [0.15, 0.2) is 48.6 Å². The maximum absolute atomic E-state index is 11.8. The van der Waals surface area contributed by atoms with E-state index in [-0.39, 0.29) is 17.3 Å². The number of ketones is 1. The van der Waals surface area contributed by atoms with Gasteiger partial charge in [-0.1, -0.05) is 18.2 Å². The molecule has 0 fully saturated rings. The van der Waals surface area contributed by atoms with Crippen molar-refractivity contribution in [2.45, 2.75) is 25.4 Å². The van der Waals surface area contributed by atoms with E-state index in [0.717, 1.165) is 11.1 Å². The molecule has 0 saturated carbocycles. The van der Waals surface area contributed by atoms with Crippen molar-refractivity contribution in [1.82, 2.24) is 0 Å². The maximum atomic E-state index is 11.8. The van der Waals surface area contributed by atoms with Gasteiger partial charge >= 0.3 is 0 Å². The summed E-state index contributed by atoms with van der Waals surface area (Å²) in [6.07, 6.45) is 3.35. The van der Waals surface area contributed by atoms with Crippen LogP contribution in [-0.2, 0) is 17.6 Å². The number of rotatable bonds is 0. The molecule has 0 saturated heterocycles. The average molecular weight is 310 g/mol. The van der Waals surface area contributed by atoms with Gasteiger partial charge in [0, 0.05) is 24.0 Å². The first-order valence-corrected chi connectivity index (χ1v) is 7.56. The van der Waals surface area contributed by atoms with Gasteiger partial charge in [0.1, 0.15) is 11.5 Å². The Balaban J connectivity index is 2.14. The number of hydrogen-bond acceptors (Lipinski definition) is 4. The number of allylic oxidation sites excluding steroid dienone is 1. The van der Waals surface area contributed by atoms with Gasteiger partial charge in [0.25, 0.3) is 0 Å². The summed E-state index contributed by atoms with van der Waals surface area (Å²) < 4.78 is 0. The quantitative estimate of drug-likeness (QED) is 0.699. The lowest BCUT2D eigenvalue weighted by Gasteiger charge is -2.12. The van der Waals surface area contributed by atoms with E-state index in [2.05, 4.69) is 0 Å². The molecule has 4 heteroatoms. The maximum Gasteiger partial charge on any atom is 0.155 e. The molecule has 4 bridgehead atoms. The topological polar surface area (TPSA) is 77.8 Å². The molecule has 1 unspecified atom stereocenters. The molecule has 1 aliphatic carbocycles. The fourth-order valence-corrected chi connectivity index (χ4v) is 2.76. The summed E-state index contributed by atoms with van der Waals surface area (Å²) in [5.74, 6) is 0.0886. The number of fused-ring (bicyclic) bond motifs is 5. The number of aromatic hydroxyl groups is 2. The van der Waals surface area contributed by atoms with Gasteiger partial charge in [-0.2, -0.15) is 0 Å². The molecular weight excluding hydrogens is 292 g/mol. The van der Waals surface area contributed by atoms with Crippen molar-refractivity contribution in [2.24, 2.45) is 0 Å². The van der Waals surface area contributed by atoms with Crippen LogP contribution in [0.2, 0.25) is 0 Å². The van der Waals surface area contributed by atoms with Gasteiger partial charge in [0.05, 0.1) is 6.10 Å². The second kappa shape index (κ2) is 6.26. The van der Waals surface area contributed by atoms with Crippen molar-refractivity contribution < 1.29 is 20.1 Å². The summed E-state index contributed by atoms with van der Waals surface area (Å²) in [5, 5.41) is 30.3. The van der Waals surface area contributed by atoms with Gasteiger partial charge in [0.15, 0.2) is 5.78 Å². The van der Waals surface area contributed by atoms with Crippen LogP contribution in [0.25, 0.3) is 11.1 Å². The van der Waals surface area contributed by atoms with Crippen LogP contribution in [0.3, 0.4) is 0 Å². The molecule has 0 heterocycles. The highest BCUT2D eigenvalue weighted by molar-refractivity contribution is 5.90. The first kappa shape index (κ1) is 15.3. The fourth-order valence-electron chi connectivity index (χ4n) is 2.76. The Morgan fingerprint density at radius 2 is 1.48 bits per heavy atom. The Hall–Kier alpha value is -2.59. The highest BCUT2D eigenvalue weighted by Crippen LogP contribution is 2.37. The molecular formula is C19H18O4. The predicted molar refractivity (Wildman–Crippen MR) is 87.4 cm³/mol. The lowest BCUT2D eigenvalue weighted by molar-refractivity contribution is -0.114. The number of carbonyl (C=O) groups is 1. The molecule has 0 spiro atoms. The Bertz CT molecular complexity index is 777. The zero-order valence-electron chi connectivity index (χ0n) is 12.6. The number of benzene rings is 2. The molecule has 2 aromatic carbocycles. The van der Waals surface area contributed by atoms with Crippen LogP contribution in [0, 0.1) is 0 Å². The van der Waals surface area contributed by atoms with E-state index in [4.69, 9.17) is 0 Å². The number of aryl methyl sites for hydroxylation is 1. The molecule has 1 aliphatic rings. The van der Waals surface area contributed by atoms with Gasteiger partial charge in [-0.25, -0.2) is 0 Å². The third kappa shape index (κ3) is 3.43. The van der Waals surface area contributed by atoms with E-state index in [9.17, 15) is 20.1 Å². The average Bonchev–Trinajstić information content (AvgIpc) is 2.54. The van der Waals surface area contributed by atoms with Crippen molar-refractivity contribution in [2.75, 3.05) is 0 Å². The Kier molecular flexibility index (Phi) is 4.17. The fraction of sp³-hybridized carbons (Fsp3) is 0.211. The summed E-state index contributed by atoms with van der Waals surface area (Å²) in [6.45, 7) is 0. The Morgan fingerprint density at radius 1 is 0.870 bits per heavy atom. The minimum absolute atomic E-state index is 0.0486. The van der Waals surface area contributed by atoms with E-state index in [1.165, 1.54) is 12.2 Å². The number of carbonyl (C=O) groups excluding carboxylic acids is 1. The molecule has 0 radical (unpaired) electrons. The van der Waals surface area contributed by atoms with Crippen LogP contribution in [-0.4, -0.2) is 27.2 Å². The van der Waals surface area contributed by atoms with E-state index in [1.807, 2.05) is 0 Å². The second-order valence-corrected chi connectivity index (χ2v) is 5.80. The highest BCUT2D eigenvalue weighted by atomic mass is 16.3. The molecule has 0 aliphatic heterocycles. The number of aliphatic hydroxyl groups is 1. The van der Waals surface area contributed by atoms with Gasteiger partial charge in [-0.3, -0.25) is 4.79 Å². The number of phenolic OH excluding ortho intramolecular Hbond substituents is 2. The number of phenols is 2. The number of hydrogen-bond donors (Lipinski definition) is 3. The van der Waals surface area contributed by atoms with Crippen LogP contribution in [0.4, 0.5) is 0 Å². The molecule has 0 amide bonds. The summed E-state index contributed by atoms with van der Waals surface area (Å²) in [5.41, 5.74) is 2.76. The van der Waals surface area contributed by atoms with Crippen molar-refractivity contribution in [1.29, 1.82) is 0 Å². The SMILES string of the molecule is O=C1/C=C\C(O)Cc2ccc(O)c(c2)-c2cc(ccc2O)CC1. The van der Waals surface area contributed by atoms with Crippen molar-refractivity contribution in [3.8, 4) is 22.6 Å². The van der Waals surface area contributed by atoms with Crippen LogP contribution >= 0.6 is 0 Å². The van der Waals surface area contributed by atoms with Gasteiger partial charge in [-0.05, 0) is 47.9 Å². The standard InChI is InChI=1S/C19H18O4/c20-14-4-1-12-2-7-18(22)16(10-12)17-11-13(3-8-19(17)23)9-15(21)6-5-14/h2-3,5-8,10-11,15,21-23H,1,4,9H2/b6-5-. The molecule has 3 N–H and O–H groups in total. The van der Waals surface area contributed by atoms with Crippen LogP contribution in [0.1, 0.15) is 17.5 Å². The van der Waals surface area contributed by atoms with Gasteiger partial charge < -0.3 is 15.3 Å². The van der Waals surface area contributed by atoms with E-state index in [0.29, 0.717) is 30.4 Å². The van der Waals surface area contributed by atoms with Crippen molar-refractivity contribution >= 4 is 5.78 Å². The molecule has 4 nitrogen and oxygen atoms in total. The molecule has 118 valence electrons. The van der Waals surface area contributed by atoms with Crippen molar-refractivity contribution in [3.05, 3.63) is 59.7 Å². The first-order valence-electron chi connectivity index (χ1n) is 7.56. The van der Waals surface area contributed by atoms with E-state index < -0.39 is 6.10 Å². The van der Waals surface area contributed by atoms with Gasteiger partial charge in [0.2, 0.25) is 0 Å². The monoisotopic (exact) mass is 310 g/mol. The van der Waals surface area contributed by atoms with E-state index in [1.54, 1.807) is 36.4 Å². The largest absolute Gasteiger partial charge is 0.507 e. The minimum Gasteiger partial charge on any atom is -0.507 e. The number of aliphatic hydroxyl groups excluding tert-OH is 1. The Morgan fingerprint density at radius 3 is 2.17 bits per heavy atom. The van der Waals surface area contributed by atoms with Crippen LogP contribution < -0.4 is 0 Å². The smallest absolute Gasteiger partial charge is 0.155 e. The van der Waals surface area contributed by atoms with Crippen LogP contribution in [0.5, 0.6) is 11.5 Å². The third-order valence-corrected chi connectivity index (χ3v) is 4.02. The van der Waals surface area contributed by atoms with Crippen molar-refractivity contribution in [3.63, 3.8) is 0 Å². The summed E-state index contributed by atoms with van der Waals surface area (Å²) in [7, 11) is 0. The Labute approximate surface area is 134 Å². The summed E-state index contributed by atoms with van der Waals surface area (Å²) in [4.78, 5) is 11.8. The van der Waals surface area contributed by atoms with Gasteiger partial charge in [-0.15, -0.1) is 0 Å². The minimum atomic E-state index is -0.770. The normalized spacial score (nSPS) is 19.3. The molecule has 1 atom stereocenters.